The lowest BCUT2D eigenvalue weighted by atomic mass is 9.91. The summed E-state index contributed by atoms with van der Waals surface area (Å²) < 4.78 is 33.1. The van der Waals surface area contributed by atoms with Crippen LogP contribution in [-0.2, 0) is 10.1 Å². The number of fused-ring (bicyclic) bond motifs is 2. The molecular formula is C20H12O3S. The fraction of sp³-hybridized carbons (Fsp3) is 0. The van der Waals surface area contributed by atoms with Crippen LogP contribution in [0.3, 0.4) is 0 Å². The lowest BCUT2D eigenvalue weighted by Crippen LogP contribution is -1.99. The molecule has 5 rings (SSSR count). The van der Waals surface area contributed by atoms with Gasteiger partial charge in [0, 0.05) is 5.39 Å². The first-order valence-corrected chi connectivity index (χ1v) is 9.05. The predicted molar refractivity (Wildman–Crippen MR) is 97.5 cm³/mol. The molecule has 0 bridgehead atoms. The minimum atomic E-state index is -4.27. The highest BCUT2D eigenvalue weighted by atomic mass is 32.2. The molecule has 116 valence electrons. The maximum Gasteiger partial charge on any atom is 0.295 e. The Labute approximate surface area is 138 Å². The molecule has 0 aliphatic carbocycles. The van der Waals surface area contributed by atoms with Crippen molar-refractivity contribution in [1.82, 2.24) is 0 Å². The van der Waals surface area contributed by atoms with Gasteiger partial charge in [-0.25, -0.2) is 0 Å². The third kappa shape index (κ3) is 1.72. The van der Waals surface area contributed by atoms with E-state index >= 15 is 0 Å². The summed E-state index contributed by atoms with van der Waals surface area (Å²) in [5.41, 5.74) is 0. The molecule has 0 spiro atoms. The fourth-order valence-electron chi connectivity index (χ4n) is 3.75. The first kappa shape index (κ1) is 13.7. The summed E-state index contributed by atoms with van der Waals surface area (Å²) in [7, 11) is -4.27. The standard InChI is InChI=1S/C20H12O3S/c21-24(22,23)18-10-7-12-5-8-16-15-4-2-1-3-13(15)11-14-6-9-17(18)19(12)20(14)16/h1-11H,(H,21,22,23). The molecule has 5 aromatic rings. The lowest BCUT2D eigenvalue weighted by molar-refractivity contribution is 0.484. The van der Waals surface area contributed by atoms with Gasteiger partial charge in [-0.2, -0.15) is 8.42 Å². The summed E-state index contributed by atoms with van der Waals surface area (Å²) in [4.78, 5) is -0.0439. The van der Waals surface area contributed by atoms with Crippen molar-refractivity contribution >= 4 is 53.2 Å². The molecule has 4 heteroatoms. The van der Waals surface area contributed by atoms with Gasteiger partial charge in [-0.05, 0) is 49.8 Å². The molecule has 1 N–H and O–H groups in total. The van der Waals surface area contributed by atoms with Crippen molar-refractivity contribution in [3.05, 3.63) is 66.7 Å². The van der Waals surface area contributed by atoms with E-state index in [0.717, 1.165) is 37.7 Å². The Morgan fingerprint density at radius 3 is 2.12 bits per heavy atom. The Balaban J connectivity index is 2.14. The molecule has 24 heavy (non-hydrogen) atoms. The van der Waals surface area contributed by atoms with Crippen molar-refractivity contribution in [2.24, 2.45) is 0 Å². The van der Waals surface area contributed by atoms with Gasteiger partial charge in [0.05, 0.1) is 0 Å². The van der Waals surface area contributed by atoms with Crippen molar-refractivity contribution in [2.45, 2.75) is 4.90 Å². The van der Waals surface area contributed by atoms with E-state index in [1.54, 1.807) is 12.1 Å². The van der Waals surface area contributed by atoms with Crippen LogP contribution in [0.5, 0.6) is 0 Å². The molecule has 0 aliphatic heterocycles. The molecule has 0 atom stereocenters. The SMILES string of the molecule is O=S(=O)(O)c1ccc2ccc3c4ccccc4cc4ccc1c2c43. The van der Waals surface area contributed by atoms with Crippen LogP contribution in [0.25, 0.3) is 43.1 Å². The van der Waals surface area contributed by atoms with Gasteiger partial charge in [0.1, 0.15) is 4.90 Å². The van der Waals surface area contributed by atoms with Gasteiger partial charge in [0.2, 0.25) is 0 Å². The van der Waals surface area contributed by atoms with E-state index in [-0.39, 0.29) is 4.90 Å². The van der Waals surface area contributed by atoms with E-state index in [1.165, 1.54) is 6.07 Å². The molecular weight excluding hydrogens is 320 g/mol. The molecule has 0 saturated carbocycles. The smallest absolute Gasteiger partial charge is 0.282 e. The average molecular weight is 332 g/mol. The maximum absolute atomic E-state index is 11.7. The van der Waals surface area contributed by atoms with E-state index in [4.69, 9.17) is 0 Å². The Hall–Kier alpha value is -2.69. The normalized spacial score (nSPS) is 12.7. The van der Waals surface area contributed by atoms with Gasteiger partial charge in [0.15, 0.2) is 0 Å². The van der Waals surface area contributed by atoms with E-state index in [1.807, 2.05) is 24.3 Å². The molecule has 0 amide bonds. The van der Waals surface area contributed by atoms with Gasteiger partial charge in [-0.15, -0.1) is 0 Å². The first-order chi connectivity index (χ1) is 11.5. The zero-order valence-electron chi connectivity index (χ0n) is 12.5. The monoisotopic (exact) mass is 332 g/mol. The number of hydrogen-bond acceptors (Lipinski definition) is 2. The van der Waals surface area contributed by atoms with Crippen molar-refractivity contribution in [2.75, 3.05) is 0 Å². The van der Waals surface area contributed by atoms with Gasteiger partial charge in [-0.1, -0.05) is 54.6 Å². The minimum absolute atomic E-state index is 0.0439. The summed E-state index contributed by atoms with van der Waals surface area (Å²) in [5.74, 6) is 0. The summed E-state index contributed by atoms with van der Waals surface area (Å²) in [5, 5.41) is 7.88. The second kappa shape index (κ2) is 4.44. The number of hydrogen-bond donors (Lipinski definition) is 1. The van der Waals surface area contributed by atoms with E-state index in [0.29, 0.717) is 5.39 Å². The topological polar surface area (TPSA) is 54.4 Å². The van der Waals surface area contributed by atoms with Crippen molar-refractivity contribution < 1.29 is 13.0 Å². The van der Waals surface area contributed by atoms with Crippen LogP contribution >= 0.6 is 0 Å². The van der Waals surface area contributed by atoms with Crippen molar-refractivity contribution in [3.63, 3.8) is 0 Å². The van der Waals surface area contributed by atoms with Crippen LogP contribution in [-0.4, -0.2) is 13.0 Å². The van der Waals surface area contributed by atoms with Crippen LogP contribution in [0.1, 0.15) is 0 Å². The zero-order chi connectivity index (χ0) is 16.5. The van der Waals surface area contributed by atoms with Gasteiger partial charge < -0.3 is 0 Å². The summed E-state index contributed by atoms with van der Waals surface area (Å²) in [6, 6.07) is 21.3. The second-order valence-electron chi connectivity index (χ2n) is 6.06. The Morgan fingerprint density at radius 2 is 1.29 bits per heavy atom. The summed E-state index contributed by atoms with van der Waals surface area (Å²) in [6.45, 7) is 0. The van der Waals surface area contributed by atoms with Gasteiger partial charge in [-0.3, -0.25) is 4.55 Å². The van der Waals surface area contributed by atoms with Crippen LogP contribution in [0.2, 0.25) is 0 Å². The molecule has 0 saturated heterocycles. The van der Waals surface area contributed by atoms with E-state index in [9.17, 15) is 13.0 Å². The second-order valence-corrected chi connectivity index (χ2v) is 7.45. The van der Waals surface area contributed by atoms with Crippen LogP contribution in [0.4, 0.5) is 0 Å². The quantitative estimate of drug-likeness (QED) is 0.267. The van der Waals surface area contributed by atoms with Crippen molar-refractivity contribution in [1.29, 1.82) is 0 Å². The minimum Gasteiger partial charge on any atom is -0.282 e. The number of benzene rings is 5. The van der Waals surface area contributed by atoms with E-state index in [2.05, 4.69) is 24.3 Å². The lowest BCUT2D eigenvalue weighted by Gasteiger charge is -2.14. The third-order valence-electron chi connectivity index (χ3n) is 4.74. The van der Waals surface area contributed by atoms with Crippen molar-refractivity contribution in [3.8, 4) is 0 Å². The van der Waals surface area contributed by atoms with Crippen LogP contribution in [0, 0.1) is 0 Å². The molecule has 5 aromatic carbocycles. The Kier molecular flexibility index (Phi) is 2.54. The summed E-state index contributed by atoms with van der Waals surface area (Å²) in [6.07, 6.45) is 0. The van der Waals surface area contributed by atoms with Gasteiger partial charge >= 0.3 is 0 Å². The van der Waals surface area contributed by atoms with Crippen LogP contribution in [0.15, 0.2) is 71.6 Å². The third-order valence-corrected chi connectivity index (χ3v) is 5.66. The molecule has 0 unspecified atom stereocenters. The predicted octanol–water partition coefficient (Wildman–Crippen LogP) is 4.98. The zero-order valence-corrected chi connectivity index (χ0v) is 13.3. The van der Waals surface area contributed by atoms with Gasteiger partial charge in [0.25, 0.3) is 10.1 Å². The largest absolute Gasteiger partial charge is 0.295 e. The van der Waals surface area contributed by atoms with Crippen LogP contribution < -0.4 is 0 Å². The molecule has 3 nitrogen and oxygen atoms in total. The molecule has 0 aromatic heterocycles. The average Bonchev–Trinajstić information content (AvgIpc) is 2.58. The first-order valence-electron chi connectivity index (χ1n) is 7.61. The molecule has 0 aliphatic rings. The Bertz CT molecular complexity index is 1370. The molecule has 0 fully saturated rings. The maximum atomic E-state index is 11.7. The Morgan fingerprint density at radius 1 is 0.625 bits per heavy atom. The summed E-state index contributed by atoms with van der Waals surface area (Å²) >= 11 is 0. The fourth-order valence-corrected chi connectivity index (χ4v) is 4.44. The van der Waals surface area contributed by atoms with E-state index < -0.39 is 10.1 Å². The highest BCUT2D eigenvalue weighted by molar-refractivity contribution is 7.86. The highest BCUT2D eigenvalue weighted by Crippen LogP contribution is 2.40. The number of rotatable bonds is 1. The molecule has 0 radical (unpaired) electrons. The molecule has 0 heterocycles. The highest BCUT2D eigenvalue weighted by Gasteiger charge is 2.18.